The molecular weight excluding hydrogens is 276 g/mol. The first-order valence-corrected chi connectivity index (χ1v) is 7.52. The van der Waals surface area contributed by atoms with Crippen LogP contribution in [0.15, 0.2) is 30.7 Å². The molecule has 0 N–H and O–H groups in total. The third kappa shape index (κ3) is 3.75. The topological polar surface area (TPSA) is 44.1 Å². The van der Waals surface area contributed by atoms with Crippen LogP contribution in [0.4, 0.5) is 4.79 Å². The van der Waals surface area contributed by atoms with E-state index in [-0.39, 0.29) is 5.92 Å². The lowest BCUT2D eigenvalue weighted by Gasteiger charge is -2.19. The van der Waals surface area contributed by atoms with Crippen LogP contribution in [0.5, 0.6) is 0 Å². The van der Waals surface area contributed by atoms with Crippen molar-refractivity contribution in [1.82, 2.24) is 9.55 Å². The summed E-state index contributed by atoms with van der Waals surface area (Å²) in [6, 6.07) is 6.40. The van der Waals surface area contributed by atoms with E-state index in [0.717, 1.165) is 5.69 Å². The maximum atomic E-state index is 12.0. The molecule has 2 aromatic rings. The predicted molar refractivity (Wildman–Crippen MR) is 87.3 cm³/mol. The van der Waals surface area contributed by atoms with Gasteiger partial charge in [0.25, 0.3) is 0 Å². The Morgan fingerprint density at radius 2 is 1.91 bits per heavy atom. The number of carbonyl (C=O) groups is 1. The zero-order chi connectivity index (χ0) is 16.5. The minimum Gasteiger partial charge on any atom is -0.443 e. The molecule has 1 unspecified atom stereocenters. The van der Waals surface area contributed by atoms with Crippen LogP contribution in [0.3, 0.4) is 0 Å². The van der Waals surface area contributed by atoms with E-state index >= 15 is 0 Å². The molecular formula is C18H24N2O2. The molecule has 118 valence electrons. The summed E-state index contributed by atoms with van der Waals surface area (Å²) in [7, 11) is 0. The third-order valence-electron chi connectivity index (χ3n) is 3.68. The minimum atomic E-state index is -0.513. The predicted octanol–water partition coefficient (Wildman–Crippen LogP) is 4.43. The summed E-state index contributed by atoms with van der Waals surface area (Å²) in [4.78, 5) is 16.4. The normalized spacial score (nSPS) is 13.0. The van der Waals surface area contributed by atoms with Crippen LogP contribution in [0, 0.1) is 13.8 Å². The molecule has 22 heavy (non-hydrogen) atoms. The average molecular weight is 300 g/mol. The Bertz CT molecular complexity index is 681. The first-order valence-electron chi connectivity index (χ1n) is 7.52. The smallest absolute Gasteiger partial charge is 0.419 e. The molecule has 0 amide bonds. The Labute approximate surface area is 132 Å². The number of rotatable bonds is 2. The minimum absolute atomic E-state index is 0.128. The first kappa shape index (κ1) is 16.3. The molecule has 0 saturated carbocycles. The highest BCUT2D eigenvalue weighted by Gasteiger charge is 2.19. The van der Waals surface area contributed by atoms with Gasteiger partial charge in [0, 0.05) is 12.1 Å². The monoisotopic (exact) mass is 300 g/mol. The lowest BCUT2D eigenvalue weighted by atomic mass is 9.95. The summed E-state index contributed by atoms with van der Waals surface area (Å²) in [5, 5.41) is 0. The fraction of sp³-hybridized carbons (Fsp3) is 0.444. The zero-order valence-corrected chi connectivity index (χ0v) is 14.2. The SMILES string of the molecule is Cc1ccc(C(C)c2cn(C(=O)OC(C)(C)C)cn2)cc1C. The zero-order valence-electron chi connectivity index (χ0n) is 14.2. The molecule has 0 bridgehead atoms. The molecule has 0 fully saturated rings. The van der Waals surface area contributed by atoms with Gasteiger partial charge < -0.3 is 4.74 Å². The Morgan fingerprint density at radius 1 is 1.23 bits per heavy atom. The Kier molecular flexibility index (Phi) is 4.40. The van der Waals surface area contributed by atoms with Crippen LogP contribution in [0.2, 0.25) is 0 Å². The van der Waals surface area contributed by atoms with Crippen molar-refractivity contribution in [2.45, 2.75) is 53.1 Å². The van der Waals surface area contributed by atoms with Gasteiger partial charge in [-0.2, -0.15) is 0 Å². The molecule has 4 heteroatoms. The largest absolute Gasteiger partial charge is 0.443 e. The van der Waals surface area contributed by atoms with E-state index in [0.29, 0.717) is 0 Å². The van der Waals surface area contributed by atoms with Gasteiger partial charge in [-0.15, -0.1) is 0 Å². The summed E-state index contributed by atoms with van der Waals surface area (Å²) in [5.41, 5.74) is 4.07. The van der Waals surface area contributed by atoms with Gasteiger partial charge in [0.05, 0.1) is 5.69 Å². The van der Waals surface area contributed by atoms with Crippen LogP contribution < -0.4 is 0 Å². The number of imidazole rings is 1. The highest BCUT2D eigenvalue weighted by atomic mass is 16.6. The molecule has 0 spiro atoms. The molecule has 2 rings (SSSR count). The van der Waals surface area contributed by atoms with Crippen LogP contribution in [0.25, 0.3) is 0 Å². The highest BCUT2D eigenvalue weighted by molar-refractivity contribution is 5.70. The van der Waals surface area contributed by atoms with Gasteiger partial charge in [0.2, 0.25) is 0 Å². The summed E-state index contributed by atoms with van der Waals surface area (Å²) >= 11 is 0. The number of hydrogen-bond acceptors (Lipinski definition) is 3. The molecule has 1 heterocycles. The summed E-state index contributed by atoms with van der Waals surface area (Å²) in [5.74, 6) is 0.128. The van der Waals surface area contributed by atoms with Gasteiger partial charge in [-0.3, -0.25) is 0 Å². The standard InChI is InChI=1S/C18H24N2O2/c1-12-7-8-15(9-13(12)2)14(3)16-10-20(11-19-16)17(21)22-18(4,5)6/h7-11,14H,1-6H3. The van der Waals surface area contributed by atoms with Crippen molar-refractivity contribution in [2.75, 3.05) is 0 Å². The maximum absolute atomic E-state index is 12.0. The molecule has 0 aliphatic heterocycles. The number of hydrogen-bond donors (Lipinski definition) is 0. The molecule has 4 nitrogen and oxygen atoms in total. The highest BCUT2D eigenvalue weighted by Crippen LogP contribution is 2.24. The van der Waals surface area contributed by atoms with Crippen LogP contribution in [-0.2, 0) is 4.74 Å². The lowest BCUT2D eigenvalue weighted by molar-refractivity contribution is 0.0536. The number of aryl methyl sites for hydroxylation is 2. The van der Waals surface area contributed by atoms with Gasteiger partial charge in [0.15, 0.2) is 0 Å². The number of aromatic nitrogens is 2. The van der Waals surface area contributed by atoms with E-state index in [4.69, 9.17) is 4.74 Å². The third-order valence-corrected chi connectivity index (χ3v) is 3.68. The van der Waals surface area contributed by atoms with E-state index in [1.54, 1.807) is 6.20 Å². The molecule has 1 atom stereocenters. The maximum Gasteiger partial charge on any atom is 0.419 e. The van der Waals surface area contributed by atoms with Gasteiger partial charge in [-0.25, -0.2) is 14.3 Å². The molecule has 0 aliphatic rings. The molecule has 0 aliphatic carbocycles. The lowest BCUT2D eigenvalue weighted by Crippen LogP contribution is -2.26. The molecule has 0 radical (unpaired) electrons. The van der Waals surface area contributed by atoms with Crippen molar-refractivity contribution in [3.05, 3.63) is 53.1 Å². The van der Waals surface area contributed by atoms with Crippen molar-refractivity contribution in [2.24, 2.45) is 0 Å². The quantitative estimate of drug-likeness (QED) is 0.824. The summed E-state index contributed by atoms with van der Waals surface area (Å²) in [6.07, 6.45) is 2.85. The van der Waals surface area contributed by atoms with Crippen LogP contribution in [0.1, 0.15) is 56.0 Å². The second-order valence-electron chi connectivity index (χ2n) is 6.75. The number of ether oxygens (including phenoxy) is 1. The fourth-order valence-electron chi connectivity index (χ4n) is 2.18. The number of nitrogens with zero attached hydrogens (tertiary/aromatic N) is 2. The average Bonchev–Trinajstić information content (AvgIpc) is 2.89. The Balaban J connectivity index is 2.20. The van der Waals surface area contributed by atoms with Crippen molar-refractivity contribution in [3.8, 4) is 0 Å². The van der Waals surface area contributed by atoms with E-state index in [1.807, 2.05) is 20.8 Å². The van der Waals surface area contributed by atoms with Crippen LogP contribution in [-0.4, -0.2) is 21.2 Å². The Morgan fingerprint density at radius 3 is 2.50 bits per heavy atom. The van der Waals surface area contributed by atoms with E-state index in [1.165, 1.54) is 27.6 Å². The molecule has 1 aromatic carbocycles. The van der Waals surface area contributed by atoms with Crippen molar-refractivity contribution in [3.63, 3.8) is 0 Å². The van der Waals surface area contributed by atoms with Crippen molar-refractivity contribution >= 4 is 6.09 Å². The van der Waals surface area contributed by atoms with Crippen molar-refractivity contribution < 1.29 is 9.53 Å². The number of benzene rings is 1. The second-order valence-corrected chi connectivity index (χ2v) is 6.75. The number of carbonyl (C=O) groups excluding carboxylic acids is 1. The van der Waals surface area contributed by atoms with Gasteiger partial charge in [0.1, 0.15) is 11.9 Å². The van der Waals surface area contributed by atoms with Crippen molar-refractivity contribution in [1.29, 1.82) is 0 Å². The van der Waals surface area contributed by atoms with Gasteiger partial charge >= 0.3 is 6.09 Å². The van der Waals surface area contributed by atoms with Crippen LogP contribution >= 0.6 is 0 Å². The summed E-state index contributed by atoms with van der Waals surface area (Å²) < 4.78 is 6.74. The van der Waals surface area contributed by atoms with E-state index in [2.05, 4.69) is 44.0 Å². The molecule has 1 aromatic heterocycles. The first-order chi connectivity index (χ1) is 10.2. The van der Waals surface area contributed by atoms with Gasteiger partial charge in [-0.05, 0) is 51.3 Å². The second kappa shape index (κ2) is 5.95. The fourth-order valence-corrected chi connectivity index (χ4v) is 2.18. The van der Waals surface area contributed by atoms with E-state index < -0.39 is 11.7 Å². The van der Waals surface area contributed by atoms with E-state index in [9.17, 15) is 4.79 Å². The summed E-state index contributed by atoms with van der Waals surface area (Å²) in [6.45, 7) is 11.8. The van der Waals surface area contributed by atoms with Gasteiger partial charge in [-0.1, -0.05) is 25.1 Å². The Hall–Kier alpha value is -2.10. The molecule has 0 saturated heterocycles.